The predicted molar refractivity (Wildman–Crippen MR) is 118 cm³/mol. The number of carbonyl (C=O) groups is 2. The Bertz CT molecular complexity index is 979. The predicted octanol–water partition coefficient (Wildman–Crippen LogP) is 2.31. The highest BCUT2D eigenvalue weighted by molar-refractivity contribution is 14.1. The summed E-state index contributed by atoms with van der Waals surface area (Å²) in [7, 11) is 1.56. The number of amides is 2. The van der Waals surface area contributed by atoms with Crippen LogP contribution < -0.4 is 29.7 Å². The third-order valence-electron chi connectivity index (χ3n) is 3.99. The first-order chi connectivity index (χ1) is 14.5. The van der Waals surface area contributed by atoms with Crippen molar-refractivity contribution < 1.29 is 28.5 Å². The Hall–Kier alpha value is -3.02. The van der Waals surface area contributed by atoms with Crippen LogP contribution in [0.15, 0.2) is 35.4 Å². The van der Waals surface area contributed by atoms with Gasteiger partial charge in [-0.15, -0.1) is 0 Å². The quantitative estimate of drug-likeness (QED) is 0.311. The Kier molecular flexibility index (Phi) is 7.33. The first-order valence-corrected chi connectivity index (χ1v) is 10.1. The van der Waals surface area contributed by atoms with Crippen molar-refractivity contribution in [1.29, 1.82) is 0 Å². The molecule has 2 aromatic rings. The van der Waals surface area contributed by atoms with Gasteiger partial charge in [0.1, 0.15) is 0 Å². The second-order valence-corrected chi connectivity index (χ2v) is 7.17. The highest BCUT2D eigenvalue weighted by atomic mass is 127. The van der Waals surface area contributed by atoms with Gasteiger partial charge in [-0.2, -0.15) is 5.10 Å². The SMILES string of the molecule is CCOc1c(I)cc(/C=N/NC(=O)CNC(=O)c2ccc3c(c2)OCO3)cc1OC. The van der Waals surface area contributed by atoms with Crippen LogP contribution >= 0.6 is 22.6 Å². The monoisotopic (exact) mass is 525 g/mol. The fraction of sp³-hybridized carbons (Fsp3) is 0.250. The summed E-state index contributed by atoms with van der Waals surface area (Å²) in [6, 6.07) is 8.41. The molecule has 0 aromatic heterocycles. The van der Waals surface area contributed by atoms with Crippen molar-refractivity contribution in [3.05, 3.63) is 45.0 Å². The molecule has 158 valence electrons. The number of hydrogen-bond donors (Lipinski definition) is 2. The maximum atomic E-state index is 12.2. The lowest BCUT2D eigenvalue weighted by molar-refractivity contribution is -0.120. The van der Waals surface area contributed by atoms with Crippen LogP contribution in [0.1, 0.15) is 22.8 Å². The average molecular weight is 525 g/mol. The van der Waals surface area contributed by atoms with Gasteiger partial charge < -0.3 is 24.3 Å². The first-order valence-electron chi connectivity index (χ1n) is 9.02. The van der Waals surface area contributed by atoms with Crippen LogP contribution in [-0.4, -0.2) is 45.1 Å². The molecule has 3 rings (SSSR count). The summed E-state index contributed by atoms with van der Waals surface area (Å²) in [4.78, 5) is 24.1. The van der Waals surface area contributed by atoms with Gasteiger partial charge in [-0.25, -0.2) is 5.43 Å². The van der Waals surface area contributed by atoms with Gasteiger partial charge in [0.15, 0.2) is 23.0 Å². The van der Waals surface area contributed by atoms with E-state index in [0.717, 1.165) is 9.13 Å². The standard InChI is InChI=1S/C20H20IN3O6/c1-3-28-19-14(21)6-12(7-17(19)27-2)9-23-24-18(25)10-22-20(26)13-4-5-15-16(8-13)30-11-29-15/h4-9H,3,10-11H2,1-2H3,(H,22,26)(H,24,25)/b23-9+. The van der Waals surface area contributed by atoms with Crippen LogP contribution in [0.25, 0.3) is 0 Å². The van der Waals surface area contributed by atoms with Gasteiger partial charge in [0, 0.05) is 5.56 Å². The zero-order valence-electron chi connectivity index (χ0n) is 16.4. The van der Waals surface area contributed by atoms with Crippen LogP contribution in [0, 0.1) is 3.57 Å². The van der Waals surface area contributed by atoms with E-state index in [9.17, 15) is 9.59 Å². The van der Waals surface area contributed by atoms with E-state index in [1.165, 1.54) is 6.21 Å². The number of rotatable bonds is 8. The lowest BCUT2D eigenvalue weighted by atomic mass is 10.2. The van der Waals surface area contributed by atoms with Crippen LogP contribution in [0.3, 0.4) is 0 Å². The molecule has 0 bridgehead atoms. The molecular weight excluding hydrogens is 505 g/mol. The molecule has 0 saturated heterocycles. The summed E-state index contributed by atoms with van der Waals surface area (Å²) in [5, 5.41) is 6.45. The molecule has 0 saturated carbocycles. The molecule has 0 spiro atoms. The molecule has 1 heterocycles. The van der Waals surface area contributed by atoms with Gasteiger partial charge in [0.2, 0.25) is 6.79 Å². The van der Waals surface area contributed by atoms with E-state index in [4.69, 9.17) is 18.9 Å². The summed E-state index contributed by atoms with van der Waals surface area (Å²) in [5.74, 6) is 1.45. The van der Waals surface area contributed by atoms with Crippen molar-refractivity contribution in [3.63, 3.8) is 0 Å². The number of halogens is 1. The molecule has 1 aliphatic rings. The molecule has 2 aromatic carbocycles. The normalized spacial score (nSPS) is 12.0. The third-order valence-corrected chi connectivity index (χ3v) is 4.79. The summed E-state index contributed by atoms with van der Waals surface area (Å²) in [5.41, 5.74) is 3.47. The van der Waals surface area contributed by atoms with Gasteiger partial charge in [-0.05, 0) is 65.4 Å². The number of nitrogens with one attached hydrogen (secondary N) is 2. The molecule has 2 N–H and O–H groups in total. The minimum atomic E-state index is -0.465. The summed E-state index contributed by atoms with van der Waals surface area (Å²) >= 11 is 2.14. The fourth-order valence-electron chi connectivity index (χ4n) is 2.62. The van der Waals surface area contributed by atoms with Crippen molar-refractivity contribution in [1.82, 2.24) is 10.7 Å². The van der Waals surface area contributed by atoms with E-state index in [1.54, 1.807) is 31.4 Å². The van der Waals surface area contributed by atoms with Gasteiger partial charge in [0.05, 0.1) is 30.0 Å². The minimum Gasteiger partial charge on any atom is -0.493 e. The topological polar surface area (TPSA) is 107 Å². The number of hydrazone groups is 1. The first kappa shape index (κ1) is 21.7. The van der Waals surface area contributed by atoms with E-state index in [-0.39, 0.29) is 13.3 Å². The molecule has 1 aliphatic heterocycles. The fourth-order valence-corrected chi connectivity index (χ4v) is 3.40. The number of benzene rings is 2. The van der Waals surface area contributed by atoms with E-state index in [1.807, 2.05) is 13.0 Å². The molecule has 9 nitrogen and oxygen atoms in total. The van der Waals surface area contributed by atoms with Gasteiger partial charge >= 0.3 is 0 Å². The van der Waals surface area contributed by atoms with E-state index >= 15 is 0 Å². The van der Waals surface area contributed by atoms with Crippen molar-refractivity contribution in [3.8, 4) is 23.0 Å². The zero-order valence-corrected chi connectivity index (χ0v) is 18.5. The zero-order chi connectivity index (χ0) is 21.5. The van der Waals surface area contributed by atoms with Crippen LogP contribution in [0.4, 0.5) is 0 Å². The Labute approximate surface area is 186 Å². The van der Waals surface area contributed by atoms with Crippen LogP contribution in [0.2, 0.25) is 0 Å². The molecule has 0 fully saturated rings. The molecular formula is C20H20IN3O6. The van der Waals surface area contributed by atoms with Crippen molar-refractivity contribution >= 4 is 40.6 Å². The number of ether oxygens (including phenoxy) is 4. The molecule has 10 heteroatoms. The highest BCUT2D eigenvalue weighted by Gasteiger charge is 2.16. The smallest absolute Gasteiger partial charge is 0.259 e. The summed E-state index contributed by atoms with van der Waals surface area (Å²) in [6.07, 6.45) is 1.48. The van der Waals surface area contributed by atoms with E-state index in [2.05, 4.69) is 38.4 Å². The summed E-state index contributed by atoms with van der Waals surface area (Å²) < 4.78 is 22.2. The maximum absolute atomic E-state index is 12.2. The second kappa shape index (κ2) is 10.1. The van der Waals surface area contributed by atoms with Gasteiger partial charge in [0.25, 0.3) is 11.8 Å². The third kappa shape index (κ3) is 5.32. The number of methoxy groups -OCH3 is 1. The van der Waals surface area contributed by atoms with Gasteiger partial charge in [-0.3, -0.25) is 9.59 Å². The number of fused-ring (bicyclic) bond motifs is 1. The molecule has 30 heavy (non-hydrogen) atoms. The molecule has 2 amide bonds. The highest BCUT2D eigenvalue weighted by Crippen LogP contribution is 2.34. The van der Waals surface area contributed by atoms with E-state index in [0.29, 0.717) is 35.2 Å². The lowest BCUT2D eigenvalue weighted by Gasteiger charge is -2.12. The van der Waals surface area contributed by atoms with E-state index < -0.39 is 11.8 Å². The molecule has 0 aliphatic carbocycles. The molecule has 0 radical (unpaired) electrons. The number of nitrogens with zero attached hydrogens (tertiary/aromatic N) is 1. The average Bonchev–Trinajstić information content (AvgIpc) is 3.21. The van der Waals surface area contributed by atoms with Crippen LogP contribution in [0.5, 0.6) is 23.0 Å². The van der Waals surface area contributed by atoms with Crippen molar-refractivity contribution in [2.45, 2.75) is 6.92 Å². The summed E-state index contributed by atoms with van der Waals surface area (Å²) in [6.45, 7) is 2.31. The maximum Gasteiger partial charge on any atom is 0.259 e. The Morgan fingerprint density at radius 2 is 2.03 bits per heavy atom. The van der Waals surface area contributed by atoms with Gasteiger partial charge in [-0.1, -0.05) is 0 Å². The largest absolute Gasteiger partial charge is 0.493 e. The minimum absolute atomic E-state index is 0.125. The number of carbonyl (C=O) groups excluding carboxylic acids is 2. The van der Waals surface area contributed by atoms with Crippen molar-refractivity contribution in [2.75, 3.05) is 27.1 Å². The second-order valence-electron chi connectivity index (χ2n) is 6.01. The Morgan fingerprint density at radius 1 is 1.23 bits per heavy atom. The Balaban J connectivity index is 1.52. The van der Waals surface area contributed by atoms with Crippen molar-refractivity contribution in [2.24, 2.45) is 5.10 Å². The Morgan fingerprint density at radius 3 is 2.80 bits per heavy atom. The number of hydrogen-bond acceptors (Lipinski definition) is 7. The van der Waals surface area contributed by atoms with Crippen LogP contribution in [-0.2, 0) is 4.79 Å². The molecule has 0 atom stereocenters. The molecule has 0 unspecified atom stereocenters. The lowest BCUT2D eigenvalue weighted by Crippen LogP contribution is -2.34.